The zero-order valence-corrected chi connectivity index (χ0v) is 20.5. The topological polar surface area (TPSA) is 97.0 Å². The van der Waals surface area contributed by atoms with Gasteiger partial charge in [-0.05, 0) is 72.1 Å². The molecule has 0 saturated carbocycles. The molecular weight excluding hydrogens is 434 g/mol. The van der Waals surface area contributed by atoms with Gasteiger partial charge in [0.1, 0.15) is 16.7 Å². The van der Waals surface area contributed by atoms with Gasteiger partial charge in [-0.15, -0.1) is 0 Å². The van der Waals surface area contributed by atoms with Crippen molar-refractivity contribution in [2.75, 3.05) is 13.1 Å². The summed E-state index contributed by atoms with van der Waals surface area (Å²) in [6.45, 7) is 11.5. The highest BCUT2D eigenvalue weighted by Crippen LogP contribution is 2.25. The van der Waals surface area contributed by atoms with Gasteiger partial charge < -0.3 is 25.0 Å². The maximum absolute atomic E-state index is 13.2. The zero-order chi connectivity index (χ0) is 24.2. The normalized spacial score (nSPS) is 16.2. The Kier molecular flexibility index (Phi) is 8.04. The van der Waals surface area contributed by atoms with E-state index < -0.39 is 28.9 Å². The Morgan fingerprint density at radius 2 is 1.50 bits per heavy atom. The number of carbonyl (C=O) groups is 3. The molecule has 1 aromatic rings. The Labute approximate surface area is 195 Å². The molecule has 0 aromatic heterocycles. The van der Waals surface area contributed by atoms with E-state index in [9.17, 15) is 14.4 Å². The maximum Gasteiger partial charge on any atom is 0.410 e. The number of carbonyl (C=O) groups excluding carboxylic acids is 3. The van der Waals surface area contributed by atoms with Crippen molar-refractivity contribution in [1.29, 1.82) is 0 Å². The lowest BCUT2D eigenvalue weighted by Crippen LogP contribution is -2.64. The highest BCUT2D eigenvalue weighted by atomic mass is 35.5. The predicted molar refractivity (Wildman–Crippen MR) is 122 cm³/mol. The van der Waals surface area contributed by atoms with Crippen LogP contribution in [-0.2, 0) is 20.8 Å². The van der Waals surface area contributed by atoms with Gasteiger partial charge in [-0.25, -0.2) is 9.59 Å². The number of alkyl carbamates (subject to hydrolysis) is 1. The Balaban J connectivity index is 2.11. The summed E-state index contributed by atoms with van der Waals surface area (Å²) in [5, 5.41) is 6.27. The van der Waals surface area contributed by atoms with Gasteiger partial charge in [-0.1, -0.05) is 23.7 Å². The molecule has 0 radical (unpaired) electrons. The number of nitrogens with zero attached hydrogens (tertiary/aromatic N) is 1. The van der Waals surface area contributed by atoms with Gasteiger partial charge in [0.05, 0.1) is 0 Å². The first-order valence-corrected chi connectivity index (χ1v) is 11.1. The number of hydrogen-bond donors (Lipinski definition) is 2. The first kappa shape index (κ1) is 25.8. The summed E-state index contributed by atoms with van der Waals surface area (Å²) < 4.78 is 10.8. The quantitative estimate of drug-likeness (QED) is 0.689. The SMILES string of the molecule is CC(C)(C)OC(=O)NC1(C(=O)NCc2ccc(Cl)cc2)CCN(C(=O)OC(C)(C)C)CC1. The van der Waals surface area contributed by atoms with Crippen LogP contribution in [0.3, 0.4) is 0 Å². The molecule has 3 amide bonds. The number of nitrogens with one attached hydrogen (secondary N) is 2. The van der Waals surface area contributed by atoms with Gasteiger partial charge in [-0.3, -0.25) is 4.79 Å². The molecule has 0 unspecified atom stereocenters. The molecule has 0 spiro atoms. The summed E-state index contributed by atoms with van der Waals surface area (Å²) >= 11 is 5.92. The van der Waals surface area contributed by atoms with E-state index in [1.54, 1.807) is 58.6 Å². The molecule has 1 heterocycles. The van der Waals surface area contributed by atoms with Gasteiger partial charge in [-0.2, -0.15) is 0 Å². The largest absolute Gasteiger partial charge is 0.444 e. The van der Waals surface area contributed by atoms with E-state index in [0.29, 0.717) is 5.02 Å². The van der Waals surface area contributed by atoms with E-state index in [0.717, 1.165) is 5.56 Å². The molecule has 1 fully saturated rings. The lowest BCUT2D eigenvalue weighted by molar-refractivity contribution is -0.130. The standard InChI is InChI=1S/C23H34ClN3O5/c1-21(2,3)31-19(29)26-23(18(28)25-15-16-7-9-17(24)10-8-16)11-13-27(14-12-23)20(30)32-22(4,5)6/h7-10H,11-15H2,1-6H3,(H,25,28)(H,26,29). The summed E-state index contributed by atoms with van der Waals surface area (Å²) in [7, 11) is 0. The van der Waals surface area contributed by atoms with E-state index >= 15 is 0 Å². The number of hydrogen-bond acceptors (Lipinski definition) is 5. The van der Waals surface area contributed by atoms with Gasteiger partial charge in [0.2, 0.25) is 5.91 Å². The molecule has 0 bridgehead atoms. The monoisotopic (exact) mass is 467 g/mol. The third-order valence-electron chi connectivity index (χ3n) is 4.81. The molecule has 0 atom stereocenters. The fraction of sp³-hybridized carbons (Fsp3) is 0.609. The second kappa shape index (κ2) is 9.98. The van der Waals surface area contributed by atoms with Crippen LogP contribution >= 0.6 is 11.6 Å². The van der Waals surface area contributed by atoms with E-state index in [1.165, 1.54) is 0 Å². The molecule has 2 rings (SSSR count). The van der Waals surface area contributed by atoms with Crippen molar-refractivity contribution >= 4 is 29.7 Å². The fourth-order valence-electron chi connectivity index (χ4n) is 3.26. The van der Waals surface area contributed by atoms with E-state index in [2.05, 4.69) is 10.6 Å². The van der Waals surface area contributed by atoms with Crippen LogP contribution in [0.25, 0.3) is 0 Å². The van der Waals surface area contributed by atoms with Crippen LogP contribution in [-0.4, -0.2) is 52.8 Å². The minimum Gasteiger partial charge on any atom is -0.444 e. The average molecular weight is 468 g/mol. The van der Waals surface area contributed by atoms with Gasteiger partial charge >= 0.3 is 12.2 Å². The highest BCUT2D eigenvalue weighted by Gasteiger charge is 2.45. The number of piperidine rings is 1. The zero-order valence-electron chi connectivity index (χ0n) is 19.7. The molecule has 178 valence electrons. The first-order valence-electron chi connectivity index (χ1n) is 10.7. The van der Waals surface area contributed by atoms with Crippen LogP contribution < -0.4 is 10.6 Å². The Hall–Kier alpha value is -2.48. The molecule has 1 saturated heterocycles. The molecule has 8 nitrogen and oxygen atoms in total. The van der Waals surface area contributed by atoms with Crippen LogP contribution in [0.15, 0.2) is 24.3 Å². The van der Waals surface area contributed by atoms with Gasteiger partial charge in [0.25, 0.3) is 0 Å². The van der Waals surface area contributed by atoms with E-state index in [1.807, 2.05) is 12.1 Å². The van der Waals surface area contributed by atoms with Crippen molar-refractivity contribution in [1.82, 2.24) is 15.5 Å². The van der Waals surface area contributed by atoms with Crippen molar-refractivity contribution in [3.63, 3.8) is 0 Å². The van der Waals surface area contributed by atoms with E-state index in [4.69, 9.17) is 21.1 Å². The smallest absolute Gasteiger partial charge is 0.410 e. The minimum atomic E-state index is -1.20. The van der Waals surface area contributed by atoms with Gasteiger partial charge in [0.15, 0.2) is 0 Å². The van der Waals surface area contributed by atoms with Crippen molar-refractivity contribution in [2.45, 2.75) is 77.7 Å². The fourth-order valence-corrected chi connectivity index (χ4v) is 3.39. The molecule has 1 aliphatic rings. The summed E-state index contributed by atoms with van der Waals surface area (Å²) in [6.07, 6.45) is -0.648. The highest BCUT2D eigenvalue weighted by molar-refractivity contribution is 6.30. The van der Waals surface area contributed by atoms with Crippen LogP contribution in [0, 0.1) is 0 Å². The van der Waals surface area contributed by atoms with Crippen molar-refractivity contribution in [2.24, 2.45) is 0 Å². The van der Waals surface area contributed by atoms with Crippen LogP contribution in [0.2, 0.25) is 5.02 Å². The predicted octanol–water partition coefficient (Wildman–Crippen LogP) is 4.25. The number of ether oxygens (including phenoxy) is 2. The minimum absolute atomic E-state index is 0.234. The summed E-state index contributed by atoms with van der Waals surface area (Å²) in [5.41, 5.74) is -1.65. The number of amides is 3. The Morgan fingerprint density at radius 3 is 2.00 bits per heavy atom. The average Bonchev–Trinajstić information content (AvgIpc) is 2.64. The molecule has 9 heteroatoms. The molecular formula is C23H34ClN3O5. The molecule has 2 N–H and O–H groups in total. The van der Waals surface area contributed by atoms with E-state index in [-0.39, 0.29) is 38.4 Å². The van der Waals surface area contributed by atoms with Crippen molar-refractivity contribution in [3.8, 4) is 0 Å². The Bertz CT molecular complexity index is 820. The second-order valence-corrected chi connectivity index (χ2v) is 10.4. The van der Waals surface area contributed by atoms with Crippen molar-refractivity contribution in [3.05, 3.63) is 34.9 Å². The van der Waals surface area contributed by atoms with Crippen LogP contribution in [0.1, 0.15) is 59.9 Å². The number of likely N-dealkylation sites (tertiary alicyclic amines) is 1. The van der Waals surface area contributed by atoms with Crippen LogP contribution in [0.5, 0.6) is 0 Å². The third kappa shape index (κ3) is 7.89. The third-order valence-corrected chi connectivity index (χ3v) is 5.06. The molecule has 1 aliphatic heterocycles. The summed E-state index contributed by atoms with van der Waals surface area (Å²) in [6, 6.07) is 7.14. The lowest BCUT2D eigenvalue weighted by Gasteiger charge is -2.41. The van der Waals surface area contributed by atoms with Crippen molar-refractivity contribution < 1.29 is 23.9 Å². The second-order valence-electron chi connectivity index (χ2n) is 9.99. The lowest BCUT2D eigenvalue weighted by atomic mass is 9.86. The summed E-state index contributed by atoms with van der Waals surface area (Å²) in [4.78, 5) is 39.7. The van der Waals surface area contributed by atoms with Gasteiger partial charge in [0, 0.05) is 24.7 Å². The Morgan fingerprint density at radius 1 is 0.969 bits per heavy atom. The molecule has 0 aliphatic carbocycles. The van der Waals surface area contributed by atoms with Crippen LogP contribution in [0.4, 0.5) is 9.59 Å². The number of halogens is 1. The first-order chi connectivity index (χ1) is 14.7. The maximum atomic E-state index is 13.2. The summed E-state index contributed by atoms with van der Waals surface area (Å²) in [5.74, 6) is -0.331. The number of benzene rings is 1. The molecule has 1 aromatic carbocycles. The molecule has 32 heavy (non-hydrogen) atoms. The number of rotatable bonds is 4.